The number of amides is 2. The molecule has 1 aromatic heterocycles. The molecular formula is C34H59IN2O6. The average Bonchev–Trinajstić information content (AvgIpc) is 3.46. The van der Waals surface area contributed by atoms with Crippen LogP contribution in [0.4, 0.5) is 9.59 Å². The zero-order valence-electron chi connectivity index (χ0n) is 27.2. The molecule has 9 heteroatoms. The summed E-state index contributed by atoms with van der Waals surface area (Å²) in [5.41, 5.74) is 0.818. The van der Waals surface area contributed by atoms with Crippen molar-refractivity contribution >= 4 is 12.2 Å². The van der Waals surface area contributed by atoms with Crippen LogP contribution in [0, 0.1) is 5.92 Å². The van der Waals surface area contributed by atoms with Gasteiger partial charge in [0.2, 0.25) is 5.69 Å². The molecule has 43 heavy (non-hydrogen) atoms. The van der Waals surface area contributed by atoms with Gasteiger partial charge >= 0.3 is 12.2 Å². The van der Waals surface area contributed by atoms with Gasteiger partial charge in [-0.2, -0.15) is 0 Å². The summed E-state index contributed by atoms with van der Waals surface area (Å²) in [5, 5.41) is 0. The number of carbonyl (C=O) groups is 2. The van der Waals surface area contributed by atoms with Crippen LogP contribution in [0.2, 0.25) is 0 Å². The molecule has 0 aromatic carbocycles. The SMILES string of the molecule is CCCCCCCCCCCCCCCCOC[C@H]1CO[C@H](COC(=O)N(Cc2cccc[n+]2CC)C(=O)OCC)C1.[I-]. The van der Waals surface area contributed by atoms with E-state index in [1.807, 2.05) is 35.9 Å². The van der Waals surface area contributed by atoms with Gasteiger partial charge in [-0.1, -0.05) is 96.5 Å². The molecule has 0 saturated carbocycles. The Labute approximate surface area is 278 Å². The van der Waals surface area contributed by atoms with E-state index in [-0.39, 0.29) is 49.8 Å². The van der Waals surface area contributed by atoms with Crippen LogP contribution in [0.5, 0.6) is 0 Å². The van der Waals surface area contributed by atoms with Gasteiger partial charge in [0.15, 0.2) is 6.20 Å². The van der Waals surface area contributed by atoms with Crippen molar-refractivity contribution in [3.63, 3.8) is 0 Å². The number of hydrogen-bond donors (Lipinski definition) is 0. The Morgan fingerprint density at radius 1 is 0.837 bits per heavy atom. The molecule has 0 N–H and O–H groups in total. The van der Waals surface area contributed by atoms with E-state index in [0.717, 1.165) is 36.6 Å². The topological polar surface area (TPSA) is 78.2 Å². The van der Waals surface area contributed by atoms with Crippen LogP contribution in [-0.2, 0) is 32.0 Å². The van der Waals surface area contributed by atoms with E-state index in [2.05, 4.69) is 6.92 Å². The minimum Gasteiger partial charge on any atom is -1.00 e. The van der Waals surface area contributed by atoms with E-state index >= 15 is 0 Å². The molecule has 2 atom stereocenters. The second kappa shape index (κ2) is 25.8. The first-order chi connectivity index (χ1) is 20.6. The van der Waals surface area contributed by atoms with Crippen LogP contribution in [0.3, 0.4) is 0 Å². The lowest BCUT2D eigenvalue weighted by Gasteiger charge is -2.20. The van der Waals surface area contributed by atoms with E-state index in [1.54, 1.807) is 6.92 Å². The van der Waals surface area contributed by atoms with E-state index in [9.17, 15) is 9.59 Å². The second-order valence-corrected chi connectivity index (χ2v) is 11.6. The molecule has 8 nitrogen and oxygen atoms in total. The normalized spacial score (nSPS) is 16.1. The number of aromatic nitrogens is 1. The van der Waals surface area contributed by atoms with Gasteiger partial charge in [0.05, 0.1) is 25.9 Å². The summed E-state index contributed by atoms with van der Waals surface area (Å²) in [4.78, 5) is 26.4. The Morgan fingerprint density at radius 2 is 1.44 bits per heavy atom. The maximum Gasteiger partial charge on any atom is 0.419 e. The Hall–Kier alpha value is -1.46. The smallest absolute Gasteiger partial charge is 0.419 e. The first-order valence-corrected chi connectivity index (χ1v) is 16.9. The third-order valence-corrected chi connectivity index (χ3v) is 7.96. The quantitative estimate of drug-likeness (QED) is 0.0902. The van der Waals surface area contributed by atoms with Crippen LogP contribution in [-0.4, -0.2) is 56.2 Å². The predicted octanol–water partition coefficient (Wildman–Crippen LogP) is 5.00. The Balaban J connectivity index is 0.00000924. The first kappa shape index (κ1) is 39.6. The molecule has 1 aliphatic rings. The number of halogens is 1. The number of nitrogens with zero attached hydrogens (tertiary/aromatic N) is 2. The van der Waals surface area contributed by atoms with Crippen molar-refractivity contribution in [1.82, 2.24) is 4.90 Å². The Kier molecular flexibility index (Phi) is 23.8. The van der Waals surface area contributed by atoms with E-state index in [4.69, 9.17) is 18.9 Å². The molecular weight excluding hydrogens is 659 g/mol. The number of carbonyl (C=O) groups excluding carboxylic acids is 2. The molecule has 2 rings (SSSR count). The maximum absolute atomic E-state index is 12.9. The summed E-state index contributed by atoms with van der Waals surface area (Å²) in [5.74, 6) is 0.300. The highest BCUT2D eigenvalue weighted by Gasteiger charge is 2.31. The maximum atomic E-state index is 12.9. The van der Waals surface area contributed by atoms with Crippen molar-refractivity contribution in [2.24, 2.45) is 5.92 Å². The van der Waals surface area contributed by atoms with Crippen LogP contribution < -0.4 is 28.5 Å². The van der Waals surface area contributed by atoms with Gasteiger partial charge in [-0.25, -0.2) is 19.1 Å². The molecule has 248 valence electrons. The lowest BCUT2D eigenvalue weighted by molar-refractivity contribution is -0.701. The van der Waals surface area contributed by atoms with Crippen molar-refractivity contribution in [2.75, 3.05) is 33.0 Å². The highest BCUT2D eigenvalue weighted by molar-refractivity contribution is 5.87. The molecule has 2 amide bonds. The summed E-state index contributed by atoms with van der Waals surface area (Å²) in [6, 6.07) is 5.67. The number of aryl methyl sites for hydroxylation is 1. The fourth-order valence-electron chi connectivity index (χ4n) is 5.43. The van der Waals surface area contributed by atoms with Crippen molar-refractivity contribution in [1.29, 1.82) is 0 Å². The van der Waals surface area contributed by atoms with Gasteiger partial charge < -0.3 is 42.9 Å². The minimum atomic E-state index is -0.721. The van der Waals surface area contributed by atoms with Gasteiger partial charge in [-0.05, 0) is 26.7 Å². The highest BCUT2D eigenvalue weighted by atomic mass is 127. The fourth-order valence-corrected chi connectivity index (χ4v) is 5.43. The van der Waals surface area contributed by atoms with Gasteiger partial charge in [-0.15, -0.1) is 0 Å². The average molecular weight is 719 g/mol. The Morgan fingerprint density at radius 3 is 2.05 bits per heavy atom. The molecule has 1 saturated heterocycles. The molecule has 0 spiro atoms. The summed E-state index contributed by atoms with van der Waals surface area (Å²) < 4.78 is 24.3. The second-order valence-electron chi connectivity index (χ2n) is 11.6. The molecule has 0 radical (unpaired) electrons. The van der Waals surface area contributed by atoms with E-state index < -0.39 is 12.2 Å². The molecule has 2 heterocycles. The van der Waals surface area contributed by atoms with Gasteiger partial charge in [0, 0.05) is 24.7 Å². The monoisotopic (exact) mass is 718 g/mol. The lowest BCUT2D eigenvalue weighted by atomic mass is 10.0. The predicted molar refractivity (Wildman–Crippen MR) is 165 cm³/mol. The Bertz CT molecular complexity index is 858. The first-order valence-electron chi connectivity index (χ1n) is 16.9. The lowest BCUT2D eigenvalue weighted by Crippen LogP contribution is -3.00. The summed E-state index contributed by atoms with van der Waals surface area (Å²) >= 11 is 0. The highest BCUT2D eigenvalue weighted by Crippen LogP contribution is 2.21. The third-order valence-electron chi connectivity index (χ3n) is 7.96. The van der Waals surface area contributed by atoms with Crippen molar-refractivity contribution in [3.05, 3.63) is 30.1 Å². The molecule has 0 bridgehead atoms. The van der Waals surface area contributed by atoms with E-state index in [0.29, 0.717) is 19.1 Å². The molecule has 1 fully saturated rings. The standard InChI is InChI=1S/C34H59N2O6.HI/c1-4-7-8-9-10-11-12-13-14-15-16-17-18-21-24-39-27-30-25-32(41-28-30)29-42-34(38)36(33(37)40-6-3)26-31-22-19-20-23-35(31)5-2;/h19-20,22-23,30,32H,4-18,21,24-29H2,1-3H3;1H/q+1;/p-1/t30-,32-;/m0./s1. The van der Waals surface area contributed by atoms with Gasteiger partial charge in [0.1, 0.15) is 19.7 Å². The largest absolute Gasteiger partial charge is 1.00 e. The van der Waals surface area contributed by atoms with Crippen LogP contribution in [0.25, 0.3) is 0 Å². The van der Waals surface area contributed by atoms with Gasteiger partial charge in [-0.3, -0.25) is 0 Å². The minimum absolute atomic E-state index is 0. The zero-order chi connectivity index (χ0) is 30.3. The fraction of sp³-hybridized carbons (Fsp3) is 0.794. The number of unbranched alkanes of at least 4 members (excludes halogenated alkanes) is 13. The van der Waals surface area contributed by atoms with Crippen LogP contribution in [0.15, 0.2) is 24.4 Å². The van der Waals surface area contributed by atoms with Crippen LogP contribution >= 0.6 is 0 Å². The van der Waals surface area contributed by atoms with Crippen LogP contribution in [0.1, 0.15) is 123 Å². The van der Waals surface area contributed by atoms with Crippen molar-refractivity contribution < 1.29 is 57.1 Å². The number of imide groups is 1. The third kappa shape index (κ3) is 17.6. The van der Waals surface area contributed by atoms with Gasteiger partial charge in [0.25, 0.3) is 0 Å². The summed E-state index contributed by atoms with van der Waals surface area (Å²) in [6.07, 6.45) is 20.0. The number of rotatable bonds is 23. The van der Waals surface area contributed by atoms with E-state index in [1.165, 1.54) is 83.5 Å². The summed E-state index contributed by atoms with van der Waals surface area (Å²) in [7, 11) is 0. The number of hydrogen-bond acceptors (Lipinski definition) is 6. The zero-order valence-corrected chi connectivity index (χ0v) is 29.4. The summed E-state index contributed by atoms with van der Waals surface area (Å²) in [6.45, 7) is 9.14. The number of pyridine rings is 1. The molecule has 1 aliphatic heterocycles. The van der Waals surface area contributed by atoms with Crippen molar-refractivity contribution in [3.8, 4) is 0 Å². The van der Waals surface area contributed by atoms with Crippen molar-refractivity contribution in [2.45, 2.75) is 136 Å². The molecule has 1 aromatic rings. The molecule has 0 unspecified atom stereocenters. The molecule has 0 aliphatic carbocycles. The number of ether oxygens (including phenoxy) is 4.